The van der Waals surface area contributed by atoms with Gasteiger partial charge in [0.15, 0.2) is 5.82 Å². The molecule has 16 heavy (non-hydrogen) atoms. The number of aromatic amines is 1. The molecule has 0 radical (unpaired) electrons. The largest absolute Gasteiger partial charge is 0.391 e. The van der Waals surface area contributed by atoms with E-state index in [-0.39, 0.29) is 17.4 Å². The standard InChI is InChI=1S/C9H16N4O3/c1-15-4-6(16-2)3-11-8-7(10)9(14)13-5-12-8/h5-6H,3-4,10H2,1-2H3,(H2,11,12,13,14). The molecule has 7 heteroatoms. The van der Waals surface area contributed by atoms with Gasteiger partial charge in [-0.1, -0.05) is 0 Å². The van der Waals surface area contributed by atoms with Gasteiger partial charge in [0, 0.05) is 20.8 Å². The van der Waals surface area contributed by atoms with Crippen LogP contribution in [0.1, 0.15) is 0 Å². The molecule has 0 aliphatic carbocycles. The lowest BCUT2D eigenvalue weighted by Crippen LogP contribution is -2.28. The van der Waals surface area contributed by atoms with Crippen LogP contribution >= 0.6 is 0 Å². The van der Waals surface area contributed by atoms with Crippen LogP contribution in [0.2, 0.25) is 0 Å². The highest BCUT2D eigenvalue weighted by molar-refractivity contribution is 5.58. The van der Waals surface area contributed by atoms with Crippen molar-refractivity contribution in [2.24, 2.45) is 0 Å². The van der Waals surface area contributed by atoms with Gasteiger partial charge >= 0.3 is 0 Å². The summed E-state index contributed by atoms with van der Waals surface area (Å²) in [6, 6.07) is 0. The van der Waals surface area contributed by atoms with E-state index in [2.05, 4.69) is 15.3 Å². The molecular weight excluding hydrogens is 212 g/mol. The topological polar surface area (TPSA) is 102 Å². The fourth-order valence-corrected chi connectivity index (χ4v) is 1.16. The molecule has 1 aromatic rings. The number of aromatic nitrogens is 2. The van der Waals surface area contributed by atoms with Gasteiger partial charge in [-0.05, 0) is 0 Å². The van der Waals surface area contributed by atoms with Crippen molar-refractivity contribution in [3.63, 3.8) is 0 Å². The third-order valence-electron chi connectivity index (χ3n) is 2.07. The van der Waals surface area contributed by atoms with Gasteiger partial charge < -0.3 is 25.5 Å². The molecule has 1 aromatic heterocycles. The lowest BCUT2D eigenvalue weighted by atomic mass is 10.3. The predicted octanol–water partition coefficient (Wildman–Crippen LogP) is -0.575. The number of nitrogens with one attached hydrogen (secondary N) is 2. The van der Waals surface area contributed by atoms with Crippen LogP contribution in [-0.2, 0) is 9.47 Å². The molecule has 0 saturated heterocycles. The molecule has 0 spiro atoms. The molecule has 0 aliphatic heterocycles. The van der Waals surface area contributed by atoms with Crippen LogP contribution < -0.4 is 16.6 Å². The average molecular weight is 228 g/mol. The molecule has 0 fully saturated rings. The van der Waals surface area contributed by atoms with Crippen molar-refractivity contribution in [2.75, 3.05) is 38.4 Å². The molecule has 4 N–H and O–H groups in total. The van der Waals surface area contributed by atoms with Crippen molar-refractivity contribution in [1.29, 1.82) is 0 Å². The smallest absolute Gasteiger partial charge is 0.276 e. The number of rotatable bonds is 6. The van der Waals surface area contributed by atoms with E-state index >= 15 is 0 Å². The fourth-order valence-electron chi connectivity index (χ4n) is 1.16. The summed E-state index contributed by atoms with van der Waals surface area (Å²) in [7, 11) is 3.17. The van der Waals surface area contributed by atoms with E-state index < -0.39 is 0 Å². The first-order chi connectivity index (χ1) is 7.69. The number of ether oxygens (including phenoxy) is 2. The quantitative estimate of drug-likeness (QED) is 0.602. The van der Waals surface area contributed by atoms with Crippen molar-refractivity contribution in [2.45, 2.75) is 6.10 Å². The van der Waals surface area contributed by atoms with Crippen LogP contribution in [-0.4, -0.2) is 43.4 Å². The highest BCUT2D eigenvalue weighted by Gasteiger charge is 2.09. The number of nitrogens with zero attached hydrogens (tertiary/aromatic N) is 1. The summed E-state index contributed by atoms with van der Waals surface area (Å²) in [5.74, 6) is 0.349. The molecule has 7 nitrogen and oxygen atoms in total. The summed E-state index contributed by atoms with van der Waals surface area (Å²) >= 11 is 0. The molecule has 0 saturated carbocycles. The molecule has 0 bridgehead atoms. The molecule has 0 amide bonds. The van der Waals surface area contributed by atoms with E-state index in [0.717, 1.165) is 0 Å². The summed E-state index contributed by atoms with van der Waals surface area (Å²) in [4.78, 5) is 17.5. The maximum absolute atomic E-state index is 11.2. The first-order valence-corrected chi connectivity index (χ1v) is 4.77. The van der Waals surface area contributed by atoms with E-state index in [1.807, 2.05) is 0 Å². The van der Waals surface area contributed by atoms with Crippen LogP contribution in [0.4, 0.5) is 11.5 Å². The second kappa shape index (κ2) is 6.09. The molecule has 0 aromatic carbocycles. The molecule has 1 unspecified atom stereocenters. The van der Waals surface area contributed by atoms with Crippen LogP contribution in [0.5, 0.6) is 0 Å². The zero-order valence-electron chi connectivity index (χ0n) is 9.32. The number of hydrogen-bond donors (Lipinski definition) is 3. The first kappa shape index (κ1) is 12.5. The van der Waals surface area contributed by atoms with Gasteiger partial charge in [-0.25, -0.2) is 4.98 Å². The van der Waals surface area contributed by atoms with E-state index in [0.29, 0.717) is 19.0 Å². The number of methoxy groups -OCH3 is 2. The molecule has 0 aliphatic rings. The van der Waals surface area contributed by atoms with Gasteiger partial charge in [0.1, 0.15) is 5.69 Å². The van der Waals surface area contributed by atoms with Crippen molar-refractivity contribution < 1.29 is 9.47 Å². The number of nitrogens with two attached hydrogens (primary N) is 1. The van der Waals surface area contributed by atoms with Gasteiger partial charge in [0.05, 0.1) is 19.0 Å². The molecule has 1 rings (SSSR count). The van der Waals surface area contributed by atoms with Gasteiger partial charge in [-0.15, -0.1) is 0 Å². The van der Waals surface area contributed by atoms with Gasteiger partial charge in [0.2, 0.25) is 0 Å². The Labute approximate surface area is 93.0 Å². The average Bonchev–Trinajstić information content (AvgIpc) is 2.29. The normalized spacial score (nSPS) is 12.4. The zero-order chi connectivity index (χ0) is 12.0. The van der Waals surface area contributed by atoms with Crippen LogP contribution in [0, 0.1) is 0 Å². The third-order valence-corrected chi connectivity index (χ3v) is 2.07. The second-order valence-corrected chi connectivity index (χ2v) is 3.19. The first-order valence-electron chi connectivity index (χ1n) is 4.77. The number of anilines is 2. The Bertz CT molecular complexity index is 379. The van der Waals surface area contributed by atoms with E-state index in [4.69, 9.17) is 15.2 Å². The monoisotopic (exact) mass is 228 g/mol. The number of H-pyrrole nitrogens is 1. The lowest BCUT2D eigenvalue weighted by Gasteiger charge is -2.15. The van der Waals surface area contributed by atoms with Gasteiger partial charge in [-0.2, -0.15) is 0 Å². The summed E-state index contributed by atoms with van der Waals surface area (Å²) in [6.07, 6.45) is 1.17. The minimum absolute atomic E-state index is 0.0646. The summed E-state index contributed by atoms with van der Waals surface area (Å²) in [5, 5.41) is 2.93. The number of hydrogen-bond acceptors (Lipinski definition) is 6. The van der Waals surface area contributed by atoms with Crippen LogP contribution in [0.15, 0.2) is 11.1 Å². The Balaban J connectivity index is 2.60. The van der Waals surface area contributed by atoms with Crippen molar-refractivity contribution >= 4 is 11.5 Å². The lowest BCUT2D eigenvalue weighted by molar-refractivity contribution is 0.0365. The van der Waals surface area contributed by atoms with E-state index in [1.54, 1.807) is 14.2 Å². The predicted molar refractivity (Wildman–Crippen MR) is 60.4 cm³/mol. The molecule has 1 atom stereocenters. The van der Waals surface area contributed by atoms with E-state index in [9.17, 15) is 4.79 Å². The highest BCUT2D eigenvalue weighted by Crippen LogP contribution is 2.07. The van der Waals surface area contributed by atoms with Crippen molar-refractivity contribution in [3.8, 4) is 0 Å². The third kappa shape index (κ3) is 3.21. The number of nitrogen functional groups attached to an aromatic ring is 1. The molecule has 90 valence electrons. The Kier molecular flexibility index (Phi) is 4.74. The Hall–Kier alpha value is -1.60. The second-order valence-electron chi connectivity index (χ2n) is 3.19. The van der Waals surface area contributed by atoms with Crippen molar-refractivity contribution in [1.82, 2.24) is 9.97 Å². The van der Waals surface area contributed by atoms with Crippen molar-refractivity contribution in [3.05, 3.63) is 16.7 Å². The minimum atomic E-state index is -0.363. The van der Waals surface area contributed by atoms with Crippen LogP contribution in [0.25, 0.3) is 0 Å². The molecular formula is C9H16N4O3. The van der Waals surface area contributed by atoms with Crippen LogP contribution in [0.3, 0.4) is 0 Å². The SMILES string of the molecule is COCC(CNc1nc[nH]c(=O)c1N)OC. The fraction of sp³-hybridized carbons (Fsp3) is 0.556. The van der Waals surface area contributed by atoms with Gasteiger partial charge in [0.25, 0.3) is 5.56 Å². The Morgan fingerprint density at radius 1 is 1.62 bits per heavy atom. The maximum Gasteiger partial charge on any atom is 0.276 e. The summed E-state index contributed by atoms with van der Waals surface area (Å²) < 4.78 is 10.1. The highest BCUT2D eigenvalue weighted by atomic mass is 16.5. The van der Waals surface area contributed by atoms with E-state index in [1.165, 1.54) is 6.33 Å². The Morgan fingerprint density at radius 2 is 2.38 bits per heavy atom. The molecule has 1 heterocycles. The summed E-state index contributed by atoms with van der Waals surface area (Å²) in [5.41, 5.74) is 5.25. The summed E-state index contributed by atoms with van der Waals surface area (Å²) in [6.45, 7) is 0.914. The van der Waals surface area contributed by atoms with Gasteiger partial charge in [-0.3, -0.25) is 4.79 Å². The Morgan fingerprint density at radius 3 is 3.00 bits per heavy atom. The zero-order valence-corrected chi connectivity index (χ0v) is 9.32. The minimum Gasteiger partial charge on any atom is -0.391 e. The maximum atomic E-state index is 11.2.